The van der Waals surface area contributed by atoms with Crippen molar-refractivity contribution < 1.29 is 14.3 Å². The van der Waals surface area contributed by atoms with Gasteiger partial charge in [-0.25, -0.2) is 9.55 Å². The van der Waals surface area contributed by atoms with Crippen molar-refractivity contribution in [1.82, 2.24) is 24.2 Å². The van der Waals surface area contributed by atoms with Gasteiger partial charge in [-0.2, -0.15) is 5.10 Å². The summed E-state index contributed by atoms with van der Waals surface area (Å²) in [4.78, 5) is 49.0. The molecule has 0 saturated carbocycles. The van der Waals surface area contributed by atoms with Gasteiger partial charge in [-0.15, -0.1) is 0 Å². The zero-order chi connectivity index (χ0) is 30.4. The van der Waals surface area contributed by atoms with Crippen LogP contribution in [-0.4, -0.2) is 61.2 Å². The maximum atomic E-state index is 14.4. The van der Waals surface area contributed by atoms with E-state index < -0.39 is 0 Å². The highest BCUT2D eigenvalue weighted by Gasteiger charge is 2.35. The summed E-state index contributed by atoms with van der Waals surface area (Å²) < 4.78 is 8.99. The number of aryl methyl sites for hydroxylation is 2. The smallest absolute Gasteiger partial charge is 0.263 e. The average molecular weight is 601 g/mol. The Bertz CT molecular complexity index is 1780. The second-order valence-corrected chi connectivity index (χ2v) is 11.7. The molecule has 0 spiro atoms. The fourth-order valence-electron chi connectivity index (χ4n) is 5.63. The van der Waals surface area contributed by atoms with Crippen LogP contribution in [-0.2, 0) is 31.3 Å². The summed E-state index contributed by atoms with van der Waals surface area (Å²) in [5.41, 5.74) is 4.44. The van der Waals surface area contributed by atoms with E-state index in [9.17, 15) is 14.4 Å². The minimum absolute atomic E-state index is 0.0140. The molecule has 6 rings (SSSR count). The van der Waals surface area contributed by atoms with Crippen molar-refractivity contribution in [3.63, 3.8) is 0 Å². The number of hydrogen-bond acceptors (Lipinski definition) is 7. The monoisotopic (exact) mass is 600 g/mol. The van der Waals surface area contributed by atoms with E-state index >= 15 is 0 Å². The first-order valence-corrected chi connectivity index (χ1v) is 14.6. The SMILES string of the molecule is CC(=O)c1ccc(-n2c(N(Cc3ccnn3C)C3COC3)nc3c(c2=O)CC(C)N(C(=O)c2ccc(Cl)c(C)c2)C3)cc1. The van der Waals surface area contributed by atoms with Crippen LogP contribution >= 0.6 is 11.6 Å². The minimum atomic E-state index is -0.226. The first-order chi connectivity index (χ1) is 20.6. The van der Waals surface area contributed by atoms with Gasteiger partial charge in [0, 0.05) is 41.0 Å². The molecule has 4 aromatic rings. The van der Waals surface area contributed by atoms with Gasteiger partial charge in [0.1, 0.15) is 0 Å². The predicted molar refractivity (Wildman–Crippen MR) is 163 cm³/mol. The summed E-state index contributed by atoms with van der Waals surface area (Å²) in [6.07, 6.45) is 2.10. The van der Waals surface area contributed by atoms with Crippen LogP contribution in [0, 0.1) is 6.92 Å². The van der Waals surface area contributed by atoms with Crippen LogP contribution in [0.1, 0.15) is 57.1 Å². The minimum Gasteiger partial charge on any atom is -0.377 e. The molecule has 4 heterocycles. The zero-order valence-corrected chi connectivity index (χ0v) is 25.3. The number of ketones is 1. The van der Waals surface area contributed by atoms with E-state index in [1.807, 2.05) is 27.0 Å². The van der Waals surface area contributed by atoms with Gasteiger partial charge in [-0.3, -0.25) is 19.1 Å². The first-order valence-electron chi connectivity index (χ1n) is 14.3. The van der Waals surface area contributed by atoms with Gasteiger partial charge in [0.05, 0.1) is 49.4 Å². The molecule has 1 unspecified atom stereocenters. The van der Waals surface area contributed by atoms with Crippen LogP contribution in [0.25, 0.3) is 5.69 Å². The summed E-state index contributed by atoms with van der Waals surface area (Å²) >= 11 is 6.22. The molecule has 1 saturated heterocycles. The molecule has 0 radical (unpaired) electrons. The maximum absolute atomic E-state index is 14.4. The van der Waals surface area contributed by atoms with Crippen molar-refractivity contribution in [2.45, 2.75) is 52.4 Å². The summed E-state index contributed by atoms with van der Waals surface area (Å²) in [5, 5.41) is 4.93. The van der Waals surface area contributed by atoms with Crippen LogP contribution in [0.2, 0.25) is 5.02 Å². The molecular formula is C32H33ClN6O4. The number of carbonyl (C=O) groups is 2. The van der Waals surface area contributed by atoms with Gasteiger partial charge in [0.15, 0.2) is 5.78 Å². The standard InChI is InChI=1S/C32H33ClN6O4/c1-19-13-23(7-10-28(19)33)30(41)37-16-29-27(14-20(37)2)31(42)39(24-8-5-22(6-9-24)21(3)40)32(35-29)38(26-17-43-18-26)15-25-11-12-34-36(25)4/h5-13,20,26H,14-18H2,1-4H3. The van der Waals surface area contributed by atoms with Crippen LogP contribution in [0.4, 0.5) is 5.95 Å². The molecule has 222 valence electrons. The predicted octanol–water partition coefficient (Wildman–Crippen LogP) is 4.12. The third kappa shape index (κ3) is 5.36. The largest absolute Gasteiger partial charge is 0.377 e. The number of halogens is 1. The lowest BCUT2D eigenvalue weighted by atomic mass is 9.98. The Morgan fingerprint density at radius 1 is 1.09 bits per heavy atom. The molecule has 2 aliphatic heterocycles. The Balaban J connectivity index is 1.48. The van der Waals surface area contributed by atoms with Crippen molar-refractivity contribution in [2.24, 2.45) is 7.05 Å². The van der Waals surface area contributed by atoms with Crippen LogP contribution in [0.5, 0.6) is 0 Å². The number of aromatic nitrogens is 4. The van der Waals surface area contributed by atoms with Gasteiger partial charge in [0.25, 0.3) is 11.5 Å². The lowest BCUT2D eigenvalue weighted by Crippen LogP contribution is -2.52. The van der Waals surface area contributed by atoms with E-state index in [0.717, 1.165) is 11.3 Å². The second kappa shape index (κ2) is 11.4. The molecule has 0 bridgehead atoms. The van der Waals surface area contributed by atoms with Gasteiger partial charge < -0.3 is 14.5 Å². The molecule has 0 N–H and O–H groups in total. The lowest BCUT2D eigenvalue weighted by molar-refractivity contribution is 0.00648. The van der Waals surface area contributed by atoms with Crippen LogP contribution in [0.3, 0.4) is 0 Å². The Hall–Kier alpha value is -4.28. The molecule has 1 atom stereocenters. The van der Waals surface area contributed by atoms with Crippen molar-refractivity contribution in [3.8, 4) is 5.69 Å². The molecule has 1 amide bonds. The van der Waals surface area contributed by atoms with Gasteiger partial charge in [-0.05, 0) is 81.3 Å². The second-order valence-electron chi connectivity index (χ2n) is 11.3. The van der Waals surface area contributed by atoms with Crippen molar-refractivity contribution in [3.05, 3.63) is 104 Å². The third-order valence-electron chi connectivity index (χ3n) is 8.37. The number of benzene rings is 2. The molecule has 43 heavy (non-hydrogen) atoms. The van der Waals surface area contributed by atoms with Gasteiger partial charge >= 0.3 is 0 Å². The molecule has 1 fully saturated rings. The normalized spacial score (nSPS) is 16.5. The highest BCUT2D eigenvalue weighted by molar-refractivity contribution is 6.31. The molecule has 2 aromatic carbocycles. The fourth-order valence-corrected chi connectivity index (χ4v) is 5.75. The number of Topliss-reactive ketones (excluding diaryl/α,β-unsaturated/α-hetero) is 1. The molecule has 10 nitrogen and oxygen atoms in total. The maximum Gasteiger partial charge on any atom is 0.263 e. The van der Waals surface area contributed by atoms with Crippen LogP contribution < -0.4 is 10.5 Å². The lowest BCUT2D eigenvalue weighted by Gasteiger charge is -2.40. The molecular weight excluding hydrogens is 568 g/mol. The van der Waals surface area contributed by atoms with Crippen molar-refractivity contribution >= 4 is 29.2 Å². The Morgan fingerprint density at radius 2 is 1.81 bits per heavy atom. The summed E-state index contributed by atoms with van der Waals surface area (Å²) in [5.74, 6) is 0.268. The molecule has 2 aliphatic rings. The first kappa shape index (κ1) is 28.8. The third-order valence-corrected chi connectivity index (χ3v) is 8.79. The number of amides is 1. The summed E-state index contributed by atoms with van der Waals surface area (Å²) in [7, 11) is 1.88. The highest BCUT2D eigenvalue weighted by Crippen LogP contribution is 2.29. The average Bonchev–Trinajstić information content (AvgIpc) is 3.37. The van der Waals surface area contributed by atoms with E-state index in [1.165, 1.54) is 6.92 Å². The van der Waals surface area contributed by atoms with Crippen molar-refractivity contribution in [2.75, 3.05) is 18.1 Å². The Kier molecular flexibility index (Phi) is 7.66. The zero-order valence-electron chi connectivity index (χ0n) is 24.6. The van der Waals surface area contributed by atoms with E-state index in [-0.39, 0.29) is 35.9 Å². The van der Waals surface area contributed by atoms with E-state index in [4.69, 9.17) is 21.3 Å². The summed E-state index contributed by atoms with van der Waals surface area (Å²) in [6, 6.07) is 14.0. The molecule has 2 aromatic heterocycles. The fraction of sp³-hybridized carbons (Fsp3) is 0.344. The number of ether oxygens (including phenoxy) is 1. The number of hydrogen-bond donors (Lipinski definition) is 0. The molecule has 11 heteroatoms. The van der Waals surface area contributed by atoms with Gasteiger partial charge in [-0.1, -0.05) is 11.6 Å². The topological polar surface area (TPSA) is 103 Å². The Labute approximate surface area is 254 Å². The number of rotatable bonds is 7. The van der Waals surface area contributed by atoms with E-state index in [1.54, 1.807) is 62.8 Å². The molecule has 0 aliphatic carbocycles. The number of anilines is 1. The highest BCUT2D eigenvalue weighted by atomic mass is 35.5. The van der Waals surface area contributed by atoms with Crippen molar-refractivity contribution in [1.29, 1.82) is 0 Å². The van der Waals surface area contributed by atoms with Gasteiger partial charge in [0.2, 0.25) is 5.95 Å². The number of carbonyl (C=O) groups excluding carboxylic acids is 2. The quantitative estimate of drug-likeness (QED) is 0.294. The van der Waals surface area contributed by atoms with E-state index in [2.05, 4.69) is 10.00 Å². The number of nitrogens with zero attached hydrogens (tertiary/aromatic N) is 6. The number of fused-ring (bicyclic) bond motifs is 1. The summed E-state index contributed by atoms with van der Waals surface area (Å²) in [6.45, 7) is 6.96. The van der Waals surface area contributed by atoms with Crippen LogP contribution in [0.15, 0.2) is 59.5 Å². The Morgan fingerprint density at radius 3 is 2.42 bits per heavy atom. The van der Waals surface area contributed by atoms with E-state index in [0.29, 0.717) is 65.2 Å².